The molecule has 0 aliphatic heterocycles. The van der Waals surface area contributed by atoms with E-state index in [9.17, 15) is 14.4 Å². The molecule has 7 nitrogen and oxygen atoms in total. The molecule has 0 aliphatic rings. The Bertz CT molecular complexity index is 1860. The zero-order valence-electron chi connectivity index (χ0n) is 25.4. The van der Waals surface area contributed by atoms with Gasteiger partial charge in [-0.2, -0.15) is 0 Å². The summed E-state index contributed by atoms with van der Waals surface area (Å²) in [5, 5.41) is 8.15. The fourth-order valence-electron chi connectivity index (χ4n) is 4.70. The standard InChI is InChI=1S/C38H33N3O4S/c1-26-13-11-19-30(23-26)40-38(44)35(27-14-5-3-6-15-27)46-32-21-12-20-31(25-32)39-37(43)33(24-29-18-9-10-22-34(29)45-2)41-36(42)28-16-7-4-8-17-28/h3-25,35H,1-2H3,(H,39,43)(H,40,44)(H,41,42)/b33-24+. The number of thioether (sulfide) groups is 1. The Kier molecular flexibility index (Phi) is 10.7. The van der Waals surface area contributed by atoms with Crippen LogP contribution in [0.5, 0.6) is 5.75 Å². The van der Waals surface area contributed by atoms with Crippen molar-refractivity contribution in [1.82, 2.24) is 5.32 Å². The van der Waals surface area contributed by atoms with E-state index < -0.39 is 17.1 Å². The van der Waals surface area contributed by atoms with Crippen LogP contribution in [0.25, 0.3) is 6.08 Å². The average molecular weight is 628 g/mol. The number of amides is 3. The molecule has 0 fully saturated rings. The van der Waals surface area contributed by atoms with Crippen molar-refractivity contribution in [2.75, 3.05) is 17.7 Å². The average Bonchev–Trinajstić information content (AvgIpc) is 3.08. The molecule has 0 bridgehead atoms. The van der Waals surface area contributed by atoms with E-state index in [0.717, 1.165) is 21.7 Å². The fourth-order valence-corrected chi connectivity index (χ4v) is 5.78. The minimum absolute atomic E-state index is 0.0381. The van der Waals surface area contributed by atoms with Gasteiger partial charge >= 0.3 is 0 Å². The number of aryl methyl sites for hydroxylation is 1. The summed E-state index contributed by atoms with van der Waals surface area (Å²) < 4.78 is 5.46. The van der Waals surface area contributed by atoms with Gasteiger partial charge in [0.1, 0.15) is 16.7 Å². The van der Waals surface area contributed by atoms with Crippen LogP contribution < -0.4 is 20.7 Å². The first-order valence-electron chi connectivity index (χ1n) is 14.6. The number of ether oxygens (including phenoxy) is 1. The SMILES string of the molecule is COc1ccccc1/C=C(/NC(=O)c1ccccc1)C(=O)Nc1cccc(SC(C(=O)Nc2cccc(C)c2)c2ccccc2)c1. The lowest BCUT2D eigenvalue weighted by molar-refractivity contribution is -0.116. The van der Waals surface area contributed by atoms with Gasteiger partial charge in [0.2, 0.25) is 5.91 Å². The van der Waals surface area contributed by atoms with Gasteiger partial charge in [0.15, 0.2) is 0 Å². The van der Waals surface area contributed by atoms with Crippen LogP contribution in [-0.4, -0.2) is 24.8 Å². The molecule has 230 valence electrons. The van der Waals surface area contributed by atoms with Crippen LogP contribution in [0.2, 0.25) is 0 Å². The van der Waals surface area contributed by atoms with Crippen molar-refractivity contribution in [1.29, 1.82) is 0 Å². The highest BCUT2D eigenvalue weighted by Crippen LogP contribution is 2.37. The molecular formula is C38H33N3O4S. The molecule has 0 aliphatic carbocycles. The lowest BCUT2D eigenvalue weighted by Gasteiger charge is -2.18. The molecule has 1 unspecified atom stereocenters. The number of hydrogen-bond acceptors (Lipinski definition) is 5. The quantitative estimate of drug-likeness (QED) is 0.102. The molecule has 3 amide bonds. The van der Waals surface area contributed by atoms with Gasteiger partial charge in [0, 0.05) is 27.4 Å². The number of para-hydroxylation sites is 1. The Morgan fingerprint density at radius 3 is 2.09 bits per heavy atom. The minimum Gasteiger partial charge on any atom is -0.496 e. The van der Waals surface area contributed by atoms with E-state index in [1.165, 1.54) is 11.8 Å². The van der Waals surface area contributed by atoms with Crippen LogP contribution in [0.4, 0.5) is 11.4 Å². The molecule has 5 rings (SSSR count). The Balaban J connectivity index is 1.39. The third-order valence-corrected chi connectivity index (χ3v) is 8.19. The number of benzene rings is 5. The fraction of sp³-hybridized carbons (Fsp3) is 0.0789. The van der Waals surface area contributed by atoms with Crippen LogP contribution in [0.1, 0.15) is 32.3 Å². The van der Waals surface area contributed by atoms with Gasteiger partial charge in [0.25, 0.3) is 11.8 Å². The maximum atomic E-state index is 13.7. The van der Waals surface area contributed by atoms with E-state index >= 15 is 0 Å². The van der Waals surface area contributed by atoms with Crippen molar-refractivity contribution in [3.63, 3.8) is 0 Å². The largest absolute Gasteiger partial charge is 0.496 e. The summed E-state index contributed by atoms with van der Waals surface area (Å²) in [5.41, 5.74) is 4.19. The Morgan fingerprint density at radius 2 is 1.37 bits per heavy atom. The van der Waals surface area contributed by atoms with E-state index in [-0.39, 0.29) is 11.6 Å². The number of hydrogen-bond donors (Lipinski definition) is 3. The Morgan fingerprint density at radius 1 is 0.717 bits per heavy atom. The van der Waals surface area contributed by atoms with Gasteiger partial charge in [-0.15, -0.1) is 11.8 Å². The summed E-state index contributed by atoms with van der Waals surface area (Å²) in [7, 11) is 1.54. The second-order valence-electron chi connectivity index (χ2n) is 10.4. The van der Waals surface area contributed by atoms with Gasteiger partial charge in [-0.3, -0.25) is 14.4 Å². The van der Waals surface area contributed by atoms with Crippen molar-refractivity contribution in [3.8, 4) is 5.75 Å². The lowest BCUT2D eigenvalue weighted by atomic mass is 10.1. The molecular weight excluding hydrogens is 595 g/mol. The Hall–Kier alpha value is -5.60. The third kappa shape index (κ3) is 8.52. The zero-order chi connectivity index (χ0) is 32.3. The van der Waals surface area contributed by atoms with Crippen LogP contribution in [0, 0.1) is 6.92 Å². The first-order valence-corrected chi connectivity index (χ1v) is 15.5. The summed E-state index contributed by atoms with van der Waals surface area (Å²) >= 11 is 1.37. The highest BCUT2D eigenvalue weighted by molar-refractivity contribution is 8.00. The van der Waals surface area contributed by atoms with Gasteiger partial charge < -0.3 is 20.7 Å². The van der Waals surface area contributed by atoms with Crippen molar-refractivity contribution in [2.45, 2.75) is 17.1 Å². The molecule has 1 atom stereocenters. The van der Waals surface area contributed by atoms with Crippen molar-refractivity contribution >= 4 is 46.9 Å². The van der Waals surface area contributed by atoms with E-state index in [2.05, 4.69) is 16.0 Å². The minimum atomic E-state index is -0.557. The zero-order valence-corrected chi connectivity index (χ0v) is 26.2. The smallest absolute Gasteiger partial charge is 0.272 e. The molecule has 0 radical (unpaired) electrons. The Labute approximate surface area is 272 Å². The van der Waals surface area contributed by atoms with Crippen LogP contribution in [-0.2, 0) is 9.59 Å². The maximum Gasteiger partial charge on any atom is 0.272 e. The van der Waals surface area contributed by atoms with Gasteiger partial charge in [-0.05, 0) is 72.7 Å². The monoisotopic (exact) mass is 627 g/mol. The second kappa shape index (κ2) is 15.4. The summed E-state index contributed by atoms with van der Waals surface area (Å²) in [4.78, 5) is 41.1. The highest BCUT2D eigenvalue weighted by atomic mass is 32.2. The van der Waals surface area contributed by atoms with Crippen molar-refractivity contribution < 1.29 is 19.1 Å². The van der Waals surface area contributed by atoms with Gasteiger partial charge in [0.05, 0.1) is 7.11 Å². The van der Waals surface area contributed by atoms with Crippen LogP contribution in [0.15, 0.2) is 144 Å². The molecule has 0 heterocycles. The number of rotatable bonds is 11. The molecule has 0 saturated carbocycles. The molecule has 0 spiro atoms. The molecule has 5 aromatic rings. The highest BCUT2D eigenvalue weighted by Gasteiger charge is 2.23. The third-order valence-electron chi connectivity index (χ3n) is 6.94. The van der Waals surface area contributed by atoms with E-state index in [0.29, 0.717) is 22.6 Å². The first kappa shape index (κ1) is 31.8. The van der Waals surface area contributed by atoms with E-state index in [1.807, 2.05) is 91.9 Å². The molecule has 46 heavy (non-hydrogen) atoms. The van der Waals surface area contributed by atoms with Gasteiger partial charge in [-0.25, -0.2) is 0 Å². The topological polar surface area (TPSA) is 96.5 Å². The molecule has 3 N–H and O–H groups in total. The second-order valence-corrected chi connectivity index (χ2v) is 11.5. The summed E-state index contributed by atoms with van der Waals surface area (Å²) in [6, 6.07) is 40.4. The molecule has 5 aromatic carbocycles. The molecule has 0 saturated heterocycles. The van der Waals surface area contributed by atoms with E-state index in [1.54, 1.807) is 61.7 Å². The lowest BCUT2D eigenvalue weighted by Crippen LogP contribution is -2.30. The number of anilines is 2. The predicted molar refractivity (Wildman–Crippen MR) is 185 cm³/mol. The number of nitrogens with one attached hydrogen (secondary N) is 3. The summed E-state index contributed by atoms with van der Waals surface area (Å²) in [6.45, 7) is 1.98. The van der Waals surface area contributed by atoms with Gasteiger partial charge in [-0.1, -0.05) is 84.9 Å². The van der Waals surface area contributed by atoms with Crippen LogP contribution >= 0.6 is 11.8 Å². The summed E-state index contributed by atoms with van der Waals surface area (Å²) in [5.74, 6) is -0.557. The maximum absolute atomic E-state index is 13.7. The number of carbonyl (C=O) groups excluding carboxylic acids is 3. The molecule has 0 aromatic heterocycles. The van der Waals surface area contributed by atoms with E-state index in [4.69, 9.17) is 4.74 Å². The van der Waals surface area contributed by atoms with Crippen LogP contribution in [0.3, 0.4) is 0 Å². The van der Waals surface area contributed by atoms with Crippen molar-refractivity contribution in [2.24, 2.45) is 0 Å². The molecule has 8 heteroatoms. The number of carbonyl (C=O) groups is 3. The van der Waals surface area contributed by atoms with Crippen molar-refractivity contribution in [3.05, 3.63) is 161 Å². The first-order chi connectivity index (χ1) is 22.4. The summed E-state index contributed by atoms with van der Waals surface area (Å²) in [6.07, 6.45) is 1.58. The normalized spacial score (nSPS) is 11.7. The number of methoxy groups -OCH3 is 1. The predicted octanol–water partition coefficient (Wildman–Crippen LogP) is 7.89.